The predicted molar refractivity (Wildman–Crippen MR) is 59.6 cm³/mol. The third-order valence-corrected chi connectivity index (χ3v) is 1.99. The zero-order valence-electron chi connectivity index (χ0n) is 8.15. The van der Waals surface area contributed by atoms with Crippen LogP contribution in [0.3, 0.4) is 0 Å². The van der Waals surface area contributed by atoms with E-state index in [4.69, 9.17) is 0 Å². The Morgan fingerprint density at radius 1 is 0.462 bits per heavy atom. The highest BCUT2D eigenvalue weighted by Crippen LogP contribution is 2.00. The van der Waals surface area contributed by atoms with Gasteiger partial charge in [-0.15, -0.1) is 0 Å². The molecule has 0 unspecified atom stereocenters. The second-order valence-corrected chi connectivity index (χ2v) is 3.19. The molecule has 1 aliphatic rings. The number of hydrogen-bond donors (Lipinski definition) is 0. The van der Waals surface area contributed by atoms with Crippen molar-refractivity contribution >= 4 is 0 Å². The van der Waals surface area contributed by atoms with E-state index in [1.54, 1.807) is 0 Å². The lowest BCUT2D eigenvalue weighted by Gasteiger charge is -1.87. The maximum Gasteiger partial charge on any atom is -0.0166 e. The summed E-state index contributed by atoms with van der Waals surface area (Å²) in [6.45, 7) is 0. The molecule has 0 aromatic carbocycles. The summed E-state index contributed by atoms with van der Waals surface area (Å²) < 4.78 is 0. The molecule has 0 heterocycles. The first-order chi connectivity index (χ1) is 6.50. The lowest BCUT2D eigenvalue weighted by molar-refractivity contribution is 1.00. The Morgan fingerprint density at radius 2 is 1.00 bits per heavy atom. The van der Waals surface area contributed by atoms with Gasteiger partial charge in [0.2, 0.25) is 0 Å². The molecule has 0 atom stereocenters. The maximum absolute atomic E-state index is 2.28. The molecule has 0 heteroatoms. The summed E-state index contributed by atoms with van der Waals surface area (Å²) in [6.07, 6.45) is 23.5. The van der Waals surface area contributed by atoms with E-state index in [-0.39, 0.29) is 0 Å². The van der Waals surface area contributed by atoms with Crippen LogP contribution in [0.25, 0.3) is 0 Å². The van der Waals surface area contributed by atoms with Crippen LogP contribution in [0.1, 0.15) is 32.1 Å². The molecule has 0 saturated carbocycles. The molecule has 0 aromatic heterocycles. The lowest BCUT2D eigenvalue weighted by atomic mass is 10.2. The second kappa shape index (κ2) is 7.60. The first kappa shape index (κ1) is 10.0. The van der Waals surface area contributed by atoms with Crippen LogP contribution >= 0.6 is 0 Å². The van der Waals surface area contributed by atoms with Crippen LogP contribution in [0.15, 0.2) is 48.6 Å². The van der Waals surface area contributed by atoms with Crippen LogP contribution in [0.2, 0.25) is 0 Å². The van der Waals surface area contributed by atoms with Gasteiger partial charge in [0, 0.05) is 0 Å². The minimum atomic E-state index is 1.06. The molecule has 0 saturated heterocycles. The highest BCUT2D eigenvalue weighted by molar-refractivity contribution is 5.05. The Labute approximate surface area is 81.4 Å². The van der Waals surface area contributed by atoms with Gasteiger partial charge in [-0.25, -0.2) is 0 Å². The van der Waals surface area contributed by atoms with Crippen molar-refractivity contribution in [2.75, 3.05) is 0 Å². The number of hydrogen-bond acceptors (Lipinski definition) is 0. The monoisotopic (exact) mass is 174 g/mol. The van der Waals surface area contributed by atoms with Gasteiger partial charge in [-0.1, -0.05) is 48.6 Å². The summed E-state index contributed by atoms with van der Waals surface area (Å²) in [4.78, 5) is 0. The quantitative estimate of drug-likeness (QED) is 0.483. The maximum atomic E-state index is 2.28. The number of rotatable bonds is 0. The minimum Gasteiger partial charge on any atom is -0.0882 e. The van der Waals surface area contributed by atoms with E-state index in [1.165, 1.54) is 19.3 Å². The summed E-state index contributed by atoms with van der Waals surface area (Å²) in [5.74, 6) is 0. The molecule has 0 nitrogen and oxygen atoms in total. The largest absolute Gasteiger partial charge is 0.0882 e. The summed E-state index contributed by atoms with van der Waals surface area (Å²) in [7, 11) is 0. The van der Waals surface area contributed by atoms with Gasteiger partial charge in [0.25, 0.3) is 0 Å². The van der Waals surface area contributed by atoms with Crippen molar-refractivity contribution in [1.82, 2.24) is 0 Å². The van der Waals surface area contributed by atoms with Crippen molar-refractivity contribution < 1.29 is 0 Å². The van der Waals surface area contributed by atoms with Crippen LogP contribution in [0.5, 0.6) is 0 Å². The van der Waals surface area contributed by atoms with E-state index in [1.807, 2.05) is 0 Å². The second-order valence-electron chi connectivity index (χ2n) is 3.19. The van der Waals surface area contributed by atoms with Crippen LogP contribution < -0.4 is 0 Å². The van der Waals surface area contributed by atoms with Gasteiger partial charge in [-0.2, -0.15) is 0 Å². The van der Waals surface area contributed by atoms with Crippen LogP contribution in [-0.4, -0.2) is 0 Å². The molecular weight excluding hydrogens is 156 g/mol. The molecule has 0 radical (unpaired) electrons. The van der Waals surface area contributed by atoms with Gasteiger partial charge in [0.05, 0.1) is 0 Å². The standard InChI is InChI=1S/C13H18/c1-2-4-6-8-10-12-13-11-9-7-5-3-1/h1-4,7,9-10,12H,5-6,8,11,13H2/b3-1+,4-2?,9-7?,12-10?. The summed E-state index contributed by atoms with van der Waals surface area (Å²) in [6, 6.07) is 0. The summed E-state index contributed by atoms with van der Waals surface area (Å²) in [5.41, 5.74) is 0. The van der Waals surface area contributed by atoms with Crippen molar-refractivity contribution in [3.8, 4) is 0 Å². The SMILES string of the molecule is C1=CCCC=CCCC=CC/C=C/1. The Morgan fingerprint density at radius 3 is 1.77 bits per heavy atom. The average molecular weight is 174 g/mol. The molecule has 13 heavy (non-hydrogen) atoms. The van der Waals surface area contributed by atoms with Gasteiger partial charge < -0.3 is 0 Å². The van der Waals surface area contributed by atoms with Crippen molar-refractivity contribution in [2.24, 2.45) is 0 Å². The van der Waals surface area contributed by atoms with Crippen molar-refractivity contribution in [2.45, 2.75) is 32.1 Å². The van der Waals surface area contributed by atoms with E-state index in [0.29, 0.717) is 0 Å². The third kappa shape index (κ3) is 6.15. The zero-order valence-corrected chi connectivity index (χ0v) is 8.15. The van der Waals surface area contributed by atoms with E-state index in [9.17, 15) is 0 Å². The molecule has 0 aromatic rings. The fraction of sp³-hybridized carbons (Fsp3) is 0.385. The van der Waals surface area contributed by atoms with E-state index >= 15 is 0 Å². The van der Waals surface area contributed by atoms with E-state index < -0.39 is 0 Å². The first-order valence-corrected chi connectivity index (χ1v) is 5.12. The minimum absolute atomic E-state index is 1.06. The van der Waals surface area contributed by atoms with Crippen molar-refractivity contribution in [1.29, 1.82) is 0 Å². The molecule has 1 rings (SSSR count). The van der Waals surface area contributed by atoms with Crippen LogP contribution in [0, 0.1) is 0 Å². The van der Waals surface area contributed by atoms with E-state index in [0.717, 1.165) is 12.8 Å². The fourth-order valence-electron chi connectivity index (χ4n) is 1.25. The molecule has 0 spiro atoms. The van der Waals surface area contributed by atoms with Gasteiger partial charge in [-0.05, 0) is 32.1 Å². The van der Waals surface area contributed by atoms with Crippen LogP contribution in [0.4, 0.5) is 0 Å². The highest BCUT2D eigenvalue weighted by atomic mass is 13.9. The molecule has 0 aliphatic heterocycles. The molecule has 70 valence electrons. The number of allylic oxidation sites excluding steroid dienone is 8. The van der Waals surface area contributed by atoms with Crippen molar-refractivity contribution in [3.05, 3.63) is 48.6 Å². The van der Waals surface area contributed by atoms with Gasteiger partial charge >= 0.3 is 0 Å². The highest BCUT2D eigenvalue weighted by Gasteiger charge is 1.79. The van der Waals surface area contributed by atoms with E-state index in [2.05, 4.69) is 48.6 Å². The van der Waals surface area contributed by atoms with Gasteiger partial charge in [0.1, 0.15) is 0 Å². The molecule has 0 fully saturated rings. The van der Waals surface area contributed by atoms with Gasteiger partial charge in [-0.3, -0.25) is 0 Å². The molecule has 1 aliphatic carbocycles. The molecule has 0 bridgehead atoms. The fourth-order valence-corrected chi connectivity index (χ4v) is 1.25. The predicted octanol–water partition coefficient (Wildman–Crippen LogP) is 4.18. The average Bonchev–Trinajstić information content (AvgIpc) is 2.18. The topological polar surface area (TPSA) is 0 Å². The Balaban J connectivity index is 2.38. The van der Waals surface area contributed by atoms with Crippen molar-refractivity contribution in [3.63, 3.8) is 0 Å². The Kier molecular flexibility index (Phi) is 5.87. The third-order valence-electron chi connectivity index (χ3n) is 1.99. The van der Waals surface area contributed by atoms with Gasteiger partial charge in [0.15, 0.2) is 0 Å². The molecule has 0 amide bonds. The Bertz CT molecular complexity index is 216. The lowest BCUT2D eigenvalue weighted by Crippen LogP contribution is -1.66. The first-order valence-electron chi connectivity index (χ1n) is 5.12. The Hall–Kier alpha value is -1.04. The molecule has 0 N–H and O–H groups in total. The zero-order chi connectivity index (χ0) is 9.19. The van der Waals surface area contributed by atoms with Crippen LogP contribution in [-0.2, 0) is 0 Å². The summed E-state index contributed by atoms with van der Waals surface area (Å²) >= 11 is 0. The normalized spacial score (nSPS) is 21.5. The smallest absolute Gasteiger partial charge is 0.0166 e. The molecular formula is C13H18. The summed E-state index contributed by atoms with van der Waals surface area (Å²) in [5, 5.41) is 0.